The number of amides is 1. The molecule has 2 aromatic heterocycles. The van der Waals surface area contributed by atoms with Crippen LogP contribution in [0.5, 0.6) is 5.75 Å². The zero-order chi connectivity index (χ0) is 20.2. The van der Waals surface area contributed by atoms with Crippen molar-refractivity contribution in [2.75, 3.05) is 7.05 Å². The molecule has 0 fully saturated rings. The molecule has 6 nitrogen and oxygen atoms in total. The molecule has 0 N–H and O–H groups in total. The molecule has 1 atom stereocenters. The lowest BCUT2D eigenvalue weighted by atomic mass is 10.1. The number of nitrogens with zero attached hydrogens (tertiary/aromatic N) is 3. The van der Waals surface area contributed by atoms with Crippen molar-refractivity contribution in [2.24, 2.45) is 0 Å². The third-order valence-electron chi connectivity index (χ3n) is 4.60. The van der Waals surface area contributed by atoms with Crippen LogP contribution < -0.4 is 4.74 Å². The van der Waals surface area contributed by atoms with E-state index in [1.165, 1.54) is 11.3 Å². The number of likely N-dealkylation sites (N-methyl/N-ethyl adjacent to an activating group) is 1. The van der Waals surface area contributed by atoms with Gasteiger partial charge in [0.05, 0.1) is 11.4 Å². The van der Waals surface area contributed by atoms with Crippen molar-refractivity contribution in [3.63, 3.8) is 0 Å². The van der Waals surface area contributed by atoms with E-state index in [2.05, 4.69) is 10.1 Å². The van der Waals surface area contributed by atoms with Crippen LogP contribution in [0.3, 0.4) is 0 Å². The molecule has 4 rings (SSSR count). The summed E-state index contributed by atoms with van der Waals surface area (Å²) >= 11 is 1.54. The third kappa shape index (κ3) is 4.30. The van der Waals surface area contributed by atoms with E-state index >= 15 is 0 Å². The molecule has 0 spiro atoms. The number of carbonyl (C=O) groups excluding carboxylic acids is 1. The molecule has 2 aromatic carbocycles. The fourth-order valence-corrected chi connectivity index (χ4v) is 3.71. The maximum absolute atomic E-state index is 12.9. The Morgan fingerprint density at radius 1 is 1.17 bits per heavy atom. The lowest BCUT2D eigenvalue weighted by Gasteiger charge is -2.22. The molecular weight excluding hydrogens is 386 g/mol. The van der Waals surface area contributed by atoms with Crippen LogP contribution in [0.1, 0.15) is 19.2 Å². The maximum atomic E-state index is 12.9. The lowest BCUT2D eigenvalue weighted by Crippen LogP contribution is -2.39. The van der Waals surface area contributed by atoms with Crippen LogP contribution in [0, 0.1) is 0 Å². The van der Waals surface area contributed by atoms with E-state index < -0.39 is 6.10 Å². The highest BCUT2D eigenvalue weighted by molar-refractivity contribution is 7.13. The summed E-state index contributed by atoms with van der Waals surface area (Å²) in [7, 11) is 1.71. The van der Waals surface area contributed by atoms with E-state index in [0.717, 1.165) is 15.6 Å². The van der Waals surface area contributed by atoms with Crippen LogP contribution in [0.4, 0.5) is 0 Å². The van der Waals surface area contributed by atoms with Crippen molar-refractivity contribution in [2.45, 2.75) is 26.0 Å². The van der Waals surface area contributed by atoms with Crippen LogP contribution in [0.15, 0.2) is 64.5 Å². The highest BCUT2D eigenvalue weighted by atomic mass is 32.1. The van der Waals surface area contributed by atoms with Crippen LogP contribution in [0.25, 0.3) is 21.5 Å². The Morgan fingerprint density at radius 3 is 2.76 bits per heavy atom. The van der Waals surface area contributed by atoms with E-state index in [1.54, 1.807) is 11.9 Å². The molecule has 0 saturated heterocycles. The highest BCUT2D eigenvalue weighted by Crippen LogP contribution is 2.23. The van der Waals surface area contributed by atoms with Gasteiger partial charge in [-0.3, -0.25) is 4.79 Å². The first-order valence-corrected chi connectivity index (χ1v) is 10.3. The zero-order valence-corrected chi connectivity index (χ0v) is 17.1. The van der Waals surface area contributed by atoms with Gasteiger partial charge in [0.2, 0.25) is 11.7 Å². The molecule has 0 radical (unpaired) electrons. The van der Waals surface area contributed by atoms with Crippen molar-refractivity contribution in [3.05, 3.63) is 65.9 Å². The normalized spacial score (nSPS) is 12.1. The van der Waals surface area contributed by atoms with Gasteiger partial charge < -0.3 is 14.2 Å². The zero-order valence-electron chi connectivity index (χ0n) is 16.2. The standard InChI is InChI=1S/C22H21N3O3S/c1-3-18(27-17-11-10-15-7-4-5-8-16(15)13-17)22(26)25(2)14-20-23-21(24-28-20)19-9-6-12-29-19/h4-13,18H,3,14H2,1-2H3/t18-/m0/s1. The van der Waals surface area contributed by atoms with Crippen molar-refractivity contribution in [1.82, 2.24) is 15.0 Å². The predicted octanol–water partition coefficient (Wildman–Crippen LogP) is 4.77. The van der Waals surface area contributed by atoms with Gasteiger partial charge in [0.15, 0.2) is 6.10 Å². The molecule has 0 unspecified atom stereocenters. The molecule has 4 aromatic rings. The number of carbonyl (C=O) groups is 1. The summed E-state index contributed by atoms with van der Waals surface area (Å²) in [5.74, 6) is 1.48. The first kappa shape index (κ1) is 19.1. The molecule has 1 amide bonds. The number of hydrogen-bond donors (Lipinski definition) is 0. The molecule has 0 aliphatic rings. The van der Waals surface area contributed by atoms with Gasteiger partial charge in [0, 0.05) is 7.05 Å². The Kier molecular flexibility index (Phi) is 5.57. The second kappa shape index (κ2) is 8.45. The molecule has 7 heteroatoms. The van der Waals surface area contributed by atoms with Gasteiger partial charge in [-0.2, -0.15) is 4.98 Å². The molecule has 148 valence electrons. The minimum absolute atomic E-state index is 0.128. The molecule has 2 heterocycles. The molecule has 0 bridgehead atoms. The molecule has 0 saturated carbocycles. The topological polar surface area (TPSA) is 68.5 Å². The fourth-order valence-electron chi connectivity index (χ4n) is 3.06. The highest BCUT2D eigenvalue weighted by Gasteiger charge is 2.24. The van der Waals surface area contributed by atoms with Gasteiger partial charge in [-0.1, -0.05) is 48.5 Å². The third-order valence-corrected chi connectivity index (χ3v) is 5.47. The summed E-state index contributed by atoms with van der Waals surface area (Å²) in [6.07, 6.45) is -0.0267. The number of ether oxygens (including phenoxy) is 1. The van der Waals surface area contributed by atoms with Gasteiger partial charge in [0.25, 0.3) is 5.91 Å². The summed E-state index contributed by atoms with van der Waals surface area (Å²) in [4.78, 5) is 19.8. The largest absolute Gasteiger partial charge is 0.481 e. The summed E-state index contributed by atoms with van der Waals surface area (Å²) in [5.41, 5.74) is 0. The van der Waals surface area contributed by atoms with Crippen molar-refractivity contribution in [1.29, 1.82) is 0 Å². The molecular formula is C22H21N3O3S. The van der Waals surface area contributed by atoms with Crippen LogP contribution in [-0.4, -0.2) is 34.1 Å². The number of hydrogen-bond acceptors (Lipinski definition) is 6. The Labute approximate surface area is 172 Å². The quantitative estimate of drug-likeness (QED) is 0.441. The number of benzene rings is 2. The van der Waals surface area contributed by atoms with Gasteiger partial charge in [-0.05, 0) is 40.8 Å². The van der Waals surface area contributed by atoms with Gasteiger partial charge >= 0.3 is 0 Å². The van der Waals surface area contributed by atoms with E-state index in [9.17, 15) is 4.79 Å². The minimum Gasteiger partial charge on any atom is -0.481 e. The second-order valence-corrected chi connectivity index (χ2v) is 7.65. The SMILES string of the molecule is CC[C@H](Oc1ccc2ccccc2c1)C(=O)N(C)Cc1nc(-c2cccs2)no1. The van der Waals surface area contributed by atoms with Gasteiger partial charge in [-0.15, -0.1) is 11.3 Å². The Bertz CT molecular complexity index is 1110. The Morgan fingerprint density at radius 2 is 2.00 bits per heavy atom. The lowest BCUT2D eigenvalue weighted by molar-refractivity contribution is -0.138. The smallest absolute Gasteiger partial charge is 0.263 e. The second-order valence-electron chi connectivity index (χ2n) is 6.71. The number of aromatic nitrogens is 2. The molecule has 0 aliphatic carbocycles. The molecule has 29 heavy (non-hydrogen) atoms. The Hall–Kier alpha value is -3.19. The average molecular weight is 407 g/mol. The number of rotatable bonds is 7. The van der Waals surface area contributed by atoms with Gasteiger partial charge in [-0.25, -0.2) is 0 Å². The van der Waals surface area contributed by atoms with Crippen LogP contribution in [0.2, 0.25) is 0 Å². The summed E-state index contributed by atoms with van der Waals surface area (Å²) in [5, 5.41) is 8.15. The predicted molar refractivity (Wildman–Crippen MR) is 113 cm³/mol. The van der Waals surface area contributed by atoms with Crippen LogP contribution in [-0.2, 0) is 11.3 Å². The van der Waals surface area contributed by atoms with Crippen molar-refractivity contribution in [3.8, 4) is 16.5 Å². The summed E-state index contributed by atoms with van der Waals surface area (Å²) in [6, 6.07) is 17.8. The van der Waals surface area contributed by atoms with E-state index in [1.807, 2.05) is 66.9 Å². The first-order valence-electron chi connectivity index (χ1n) is 9.41. The van der Waals surface area contributed by atoms with Crippen molar-refractivity contribution >= 4 is 28.0 Å². The minimum atomic E-state index is -0.583. The fraction of sp³-hybridized carbons (Fsp3) is 0.227. The average Bonchev–Trinajstić information content (AvgIpc) is 3.43. The van der Waals surface area contributed by atoms with E-state index in [-0.39, 0.29) is 12.5 Å². The summed E-state index contributed by atoms with van der Waals surface area (Å²) in [6.45, 7) is 2.16. The summed E-state index contributed by atoms with van der Waals surface area (Å²) < 4.78 is 11.3. The van der Waals surface area contributed by atoms with Crippen LogP contribution >= 0.6 is 11.3 Å². The van der Waals surface area contributed by atoms with Crippen molar-refractivity contribution < 1.29 is 14.1 Å². The van der Waals surface area contributed by atoms with Gasteiger partial charge in [0.1, 0.15) is 5.75 Å². The molecule has 0 aliphatic heterocycles. The van der Waals surface area contributed by atoms with E-state index in [0.29, 0.717) is 23.9 Å². The van der Waals surface area contributed by atoms with E-state index in [4.69, 9.17) is 9.26 Å². The monoisotopic (exact) mass is 407 g/mol. The number of fused-ring (bicyclic) bond motifs is 1. The first-order chi connectivity index (χ1) is 14.1. The Balaban J connectivity index is 1.43. The maximum Gasteiger partial charge on any atom is 0.263 e. The number of thiophene rings is 1.